The molecule has 0 N–H and O–H groups in total. The van der Waals surface area contributed by atoms with Gasteiger partial charge in [-0.15, -0.1) is 0 Å². The Kier molecular flexibility index (Phi) is 4.36. The van der Waals surface area contributed by atoms with Gasteiger partial charge in [-0.1, -0.05) is 0 Å². The average molecular weight is 277 g/mol. The van der Waals surface area contributed by atoms with Crippen LogP contribution in [0.5, 0.6) is 0 Å². The van der Waals surface area contributed by atoms with Gasteiger partial charge in [0, 0.05) is 6.61 Å². The maximum atomic E-state index is 12.5. The molecule has 0 aromatic carbocycles. The first-order chi connectivity index (χ1) is 7.31. The first-order valence-corrected chi connectivity index (χ1v) is 3.88. The Morgan fingerprint density at radius 3 is 1.47 bits per heavy atom. The summed E-state index contributed by atoms with van der Waals surface area (Å²) in [5, 5.41) is 0. The van der Waals surface area contributed by atoms with E-state index in [9.17, 15) is 39.5 Å². The first-order valence-electron chi connectivity index (χ1n) is 3.88. The van der Waals surface area contributed by atoms with Gasteiger partial charge in [-0.05, 0) is 6.92 Å². The summed E-state index contributed by atoms with van der Waals surface area (Å²) in [6.07, 6.45) is -6.80. The minimum Gasteiger partial charge on any atom is -0.375 e. The molecule has 0 aromatic rings. The molecule has 17 heavy (non-hydrogen) atoms. The number of rotatable bonds is 5. The quantitative estimate of drug-likeness (QED) is 0.700. The lowest BCUT2D eigenvalue weighted by Crippen LogP contribution is -2.62. The van der Waals surface area contributed by atoms with Crippen LogP contribution in [0, 0.1) is 6.92 Å². The molecule has 1 nitrogen and oxygen atoms in total. The van der Waals surface area contributed by atoms with Crippen molar-refractivity contribution in [2.24, 2.45) is 0 Å². The molecule has 0 fully saturated rings. The summed E-state index contributed by atoms with van der Waals surface area (Å²) < 4.78 is 113. The van der Waals surface area contributed by atoms with E-state index >= 15 is 0 Å². The van der Waals surface area contributed by atoms with Gasteiger partial charge in [0.25, 0.3) is 0 Å². The molecule has 0 rings (SSSR count). The Morgan fingerprint density at radius 2 is 1.18 bits per heavy atom. The number of hydrogen-bond acceptors (Lipinski definition) is 1. The predicted molar refractivity (Wildman–Crippen MR) is 37.1 cm³/mol. The number of ether oxygens (including phenoxy) is 1. The second-order valence-corrected chi connectivity index (χ2v) is 2.90. The maximum Gasteiger partial charge on any atom is 0.460 e. The van der Waals surface area contributed by atoms with Crippen LogP contribution in [0.4, 0.5) is 39.5 Å². The van der Waals surface area contributed by atoms with E-state index in [1.807, 2.05) is 0 Å². The summed E-state index contributed by atoms with van der Waals surface area (Å²) in [6.45, 7) is -0.313. The molecule has 0 unspecified atom stereocenters. The van der Waals surface area contributed by atoms with Crippen LogP contribution in [0.25, 0.3) is 0 Å². The second kappa shape index (κ2) is 4.54. The fourth-order valence-corrected chi connectivity index (χ4v) is 0.699. The van der Waals surface area contributed by atoms with E-state index in [-0.39, 0.29) is 0 Å². The Morgan fingerprint density at radius 1 is 0.765 bits per heavy atom. The van der Waals surface area contributed by atoms with Crippen molar-refractivity contribution in [2.45, 2.75) is 23.9 Å². The molecular weight excluding hydrogens is 271 g/mol. The molecule has 0 heterocycles. The standard InChI is InChI=1S/C7H6F9O/c1-2-17-3-4(8,9)5(10,11)6(12,13)7(14,15)16/h1-3H2. The number of hydrogen-bond donors (Lipinski definition) is 0. The van der Waals surface area contributed by atoms with Gasteiger partial charge >= 0.3 is 23.9 Å². The van der Waals surface area contributed by atoms with Gasteiger partial charge in [-0.3, -0.25) is 0 Å². The summed E-state index contributed by atoms with van der Waals surface area (Å²) in [5.41, 5.74) is 0. The Bertz CT molecular complexity index is 257. The van der Waals surface area contributed by atoms with E-state index < -0.39 is 37.2 Å². The number of alkyl halides is 9. The third kappa shape index (κ3) is 2.78. The lowest BCUT2D eigenvalue weighted by Gasteiger charge is -2.33. The molecule has 0 aliphatic carbocycles. The highest BCUT2D eigenvalue weighted by molar-refractivity contribution is 5.00. The van der Waals surface area contributed by atoms with Gasteiger partial charge in [-0.2, -0.15) is 39.5 Å². The van der Waals surface area contributed by atoms with Crippen LogP contribution >= 0.6 is 0 Å². The van der Waals surface area contributed by atoms with Crippen molar-refractivity contribution in [1.29, 1.82) is 0 Å². The average Bonchev–Trinajstić information content (AvgIpc) is 2.12. The zero-order valence-electron chi connectivity index (χ0n) is 7.93. The zero-order chi connectivity index (χ0) is 14.1. The fourth-order valence-electron chi connectivity index (χ4n) is 0.699. The summed E-state index contributed by atoms with van der Waals surface area (Å²) >= 11 is 0. The van der Waals surface area contributed by atoms with Crippen LogP contribution in [0.1, 0.15) is 0 Å². The Labute approximate surface area is 89.5 Å². The fraction of sp³-hybridized carbons (Fsp3) is 0.857. The van der Waals surface area contributed by atoms with E-state index in [2.05, 4.69) is 11.7 Å². The topological polar surface area (TPSA) is 9.23 Å². The van der Waals surface area contributed by atoms with Crippen molar-refractivity contribution in [2.75, 3.05) is 13.2 Å². The van der Waals surface area contributed by atoms with Crippen molar-refractivity contribution in [3.05, 3.63) is 6.92 Å². The van der Waals surface area contributed by atoms with Crippen LogP contribution in [0.2, 0.25) is 0 Å². The van der Waals surface area contributed by atoms with Crippen molar-refractivity contribution in [3.8, 4) is 0 Å². The molecule has 0 spiro atoms. The van der Waals surface area contributed by atoms with Gasteiger partial charge in [0.15, 0.2) is 0 Å². The third-order valence-electron chi connectivity index (χ3n) is 1.64. The van der Waals surface area contributed by atoms with Gasteiger partial charge in [0.05, 0.1) is 0 Å². The minimum absolute atomic E-state index is 0.788. The molecule has 0 bridgehead atoms. The molecule has 0 saturated carbocycles. The molecule has 103 valence electrons. The maximum absolute atomic E-state index is 12.5. The number of halogens is 9. The summed E-state index contributed by atoms with van der Waals surface area (Å²) in [7, 11) is 0. The molecule has 0 saturated heterocycles. The van der Waals surface area contributed by atoms with E-state index in [0.717, 1.165) is 0 Å². The van der Waals surface area contributed by atoms with Crippen molar-refractivity contribution in [3.63, 3.8) is 0 Å². The van der Waals surface area contributed by atoms with E-state index in [1.54, 1.807) is 0 Å². The zero-order valence-corrected chi connectivity index (χ0v) is 7.93. The Balaban J connectivity index is 5.24. The summed E-state index contributed by atoms with van der Waals surface area (Å²) in [6, 6.07) is 0. The summed E-state index contributed by atoms with van der Waals surface area (Å²) in [5.74, 6) is -19.2. The first kappa shape index (κ1) is 16.3. The Hall–Kier alpha value is -0.670. The lowest BCUT2D eigenvalue weighted by molar-refractivity contribution is -0.399. The van der Waals surface area contributed by atoms with Gasteiger partial charge in [-0.25, -0.2) is 0 Å². The highest BCUT2D eigenvalue weighted by atomic mass is 19.4. The molecular formula is C7H6F9O. The molecule has 1 radical (unpaired) electrons. The largest absolute Gasteiger partial charge is 0.460 e. The van der Waals surface area contributed by atoms with Gasteiger partial charge in [0.1, 0.15) is 6.61 Å². The molecule has 10 heteroatoms. The van der Waals surface area contributed by atoms with Gasteiger partial charge in [0.2, 0.25) is 0 Å². The highest BCUT2D eigenvalue weighted by Gasteiger charge is 2.81. The molecule has 0 amide bonds. The molecule has 0 aromatic heterocycles. The molecule has 0 atom stereocenters. The van der Waals surface area contributed by atoms with Crippen LogP contribution in [-0.2, 0) is 4.74 Å². The molecule has 0 aliphatic rings. The van der Waals surface area contributed by atoms with Crippen LogP contribution in [-0.4, -0.2) is 37.2 Å². The van der Waals surface area contributed by atoms with Crippen molar-refractivity contribution >= 4 is 0 Å². The minimum atomic E-state index is -6.87. The van der Waals surface area contributed by atoms with E-state index in [0.29, 0.717) is 0 Å². The lowest BCUT2D eigenvalue weighted by atomic mass is 10.0. The monoisotopic (exact) mass is 277 g/mol. The smallest absolute Gasteiger partial charge is 0.375 e. The normalized spacial score (nSPS) is 15.2. The van der Waals surface area contributed by atoms with Crippen LogP contribution in [0.3, 0.4) is 0 Å². The van der Waals surface area contributed by atoms with E-state index in [4.69, 9.17) is 0 Å². The highest BCUT2D eigenvalue weighted by Crippen LogP contribution is 2.52. The van der Waals surface area contributed by atoms with Crippen LogP contribution in [0.15, 0.2) is 0 Å². The molecule has 0 aliphatic heterocycles. The van der Waals surface area contributed by atoms with Crippen LogP contribution < -0.4 is 0 Å². The van der Waals surface area contributed by atoms with Crippen molar-refractivity contribution < 1.29 is 44.3 Å². The summed E-state index contributed by atoms with van der Waals surface area (Å²) in [4.78, 5) is 0. The SMILES string of the molecule is [CH2]COCC(F)(F)C(F)(F)C(F)(F)C(F)(F)F. The third-order valence-corrected chi connectivity index (χ3v) is 1.64. The predicted octanol–water partition coefficient (Wildman–Crippen LogP) is 3.31. The van der Waals surface area contributed by atoms with Gasteiger partial charge < -0.3 is 4.74 Å². The second-order valence-electron chi connectivity index (χ2n) is 2.90. The van der Waals surface area contributed by atoms with Crippen molar-refractivity contribution in [1.82, 2.24) is 0 Å². The van der Waals surface area contributed by atoms with E-state index in [1.165, 1.54) is 0 Å².